The van der Waals surface area contributed by atoms with Gasteiger partial charge in [-0.3, -0.25) is 4.79 Å². The first-order valence-electron chi connectivity index (χ1n) is 7.22. The molecular formula is C16H25NO4. The van der Waals surface area contributed by atoms with E-state index in [1.54, 1.807) is 39.2 Å². The highest BCUT2D eigenvalue weighted by atomic mass is 16.5. The fraction of sp³-hybridized carbons (Fsp3) is 0.562. The van der Waals surface area contributed by atoms with Crippen LogP contribution < -0.4 is 14.8 Å². The fourth-order valence-electron chi connectivity index (χ4n) is 1.80. The zero-order chi connectivity index (χ0) is 16.0. The summed E-state index contributed by atoms with van der Waals surface area (Å²) in [5.41, 5.74) is 0.624. The van der Waals surface area contributed by atoms with Gasteiger partial charge in [0.15, 0.2) is 6.10 Å². The van der Waals surface area contributed by atoms with Crippen LogP contribution >= 0.6 is 0 Å². The van der Waals surface area contributed by atoms with Gasteiger partial charge in [0.25, 0.3) is 5.91 Å². The molecule has 0 bridgehead atoms. The van der Waals surface area contributed by atoms with Gasteiger partial charge in [0.1, 0.15) is 11.5 Å². The molecule has 0 saturated carbocycles. The van der Waals surface area contributed by atoms with Crippen LogP contribution in [-0.2, 0) is 4.79 Å². The Kier molecular flexibility index (Phi) is 6.49. The molecule has 0 aromatic heterocycles. The monoisotopic (exact) mass is 295 g/mol. The Balaban J connectivity index is 2.87. The summed E-state index contributed by atoms with van der Waals surface area (Å²) in [6, 6.07) is 5.26. The average molecular weight is 295 g/mol. The molecule has 5 heteroatoms. The zero-order valence-corrected chi connectivity index (χ0v) is 13.3. The predicted octanol–water partition coefficient (Wildman–Crippen LogP) is 2.43. The molecule has 118 valence electrons. The molecule has 0 spiro atoms. The third-order valence-electron chi connectivity index (χ3n) is 3.34. The Bertz CT molecular complexity index is 473. The molecule has 1 amide bonds. The summed E-state index contributed by atoms with van der Waals surface area (Å²) >= 11 is 0. The maximum absolute atomic E-state index is 12.0. The third kappa shape index (κ3) is 4.93. The van der Waals surface area contributed by atoms with Crippen molar-refractivity contribution in [3.05, 3.63) is 23.8 Å². The van der Waals surface area contributed by atoms with Gasteiger partial charge in [0.05, 0.1) is 13.2 Å². The van der Waals surface area contributed by atoms with Gasteiger partial charge >= 0.3 is 0 Å². The molecule has 21 heavy (non-hydrogen) atoms. The van der Waals surface area contributed by atoms with Gasteiger partial charge in [-0.25, -0.2) is 0 Å². The van der Waals surface area contributed by atoms with Gasteiger partial charge in [-0.1, -0.05) is 6.92 Å². The number of carbonyl (C=O) groups excluding carboxylic acids is 1. The second kappa shape index (κ2) is 7.88. The van der Waals surface area contributed by atoms with Crippen molar-refractivity contribution in [3.8, 4) is 11.5 Å². The van der Waals surface area contributed by atoms with Crippen molar-refractivity contribution in [1.29, 1.82) is 0 Å². The lowest BCUT2D eigenvalue weighted by Gasteiger charge is -2.20. The molecule has 0 aliphatic rings. The summed E-state index contributed by atoms with van der Waals surface area (Å²) in [5.74, 6) is 0.892. The molecule has 1 rings (SSSR count). The van der Waals surface area contributed by atoms with Crippen LogP contribution in [0, 0.1) is 0 Å². The lowest BCUT2D eigenvalue weighted by atomic mass is 10.1. The number of hydrogen-bond donors (Lipinski definition) is 2. The standard InChI is InChI=1S/C16H25NO4/c1-6-10(2)17-16(19)12(4)21-15-9-13(20-5)7-8-14(15)11(3)18/h7-12,18H,6H2,1-5H3,(H,17,19)/t10?,11-,12?/m0/s1. The van der Waals surface area contributed by atoms with E-state index in [1.807, 2.05) is 13.8 Å². The SMILES string of the molecule is CCC(C)NC(=O)C(C)Oc1cc(OC)ccc1[C@H](C)O. The zero-order valence-electron chi connectivity index (χ0n) is 13.3. The summed E-state index contributed by atoms with van der Waals surface area (Å²) in [6.45, 7) is 7.28. The van der Waals surface area contributed by atoms with E-state index in [0.29, 0.717) is 17.1 Å². The van der Waals surface area contributed by atoms with Crippen molar-refractivity contribution in [2.75, 3.05) is 7.11 Å². The molecule has 0 radical (unpaired) electrons. The number of nitrogens with one attached hydrogen (secondary N) is 1. The Morgan fingerprint density at radius 3 is 2.52 bits per heavy atom. The first-order valence-corrected chi connectivity index (χ1v) is 7.22. The number of methoxy groups -OCH3 is 1. The third-order valence-corrected chi connectivity index (χ3v) is 3.34. The van der Waals surface area contributed by atoms with Crippen molar-refractivity contribution in [2.24, 2.45) is 0 Å². The number of hydrogen-bond acceptors (Lipinski definition) is 4. The molecule has 5 nitrogen and oxygen atoms in total. The van der Waals surface area contributed by atoms with Crippen LogP contribution in [0.3, 0.4) is 0 Å². The number of benzene rings is 1. The van der Waals surface area contributed by atoms with E-state index in [9.17, 15) is 9.90 Å². The van der Waals surface area contributed by atoms with E-state index in [1.165, 1.54) is 0 Å². The van der Waals surface area contributed by atoms with Gasteiger partial charge in [0.2, 0.25) is 0 Å². The van der Waals surface area contributed by atoms with Crippen LogP contribution in [0.4, 0.5) is 0 Å². The topological polar surface area (TPSA) is 67.8 Å². The van der Waals surface area contributed by atoms with E-state index < -0.39 is 12.2 Å². The highest BCUT2D eigenvalue weighted by Gasteiger charge is 2.19. The van der Waals surface area contributed by atoms with Gasteiger partial charge < -0.3 is 19.9 Å². The molecule has 1 aromatic rings. The molecule has 1 aromatic carbocycles. The smallest absolute Gasteiger partial charge is 0.260 e. The number of amides is 1. The average Bonchev–Trinajstić information content (AvgIpc) is 2.46. The van der Waals surface area contributed by atoms with E-state index in [-0.39, 0.29) is 11.9 Å². The number of ether oxygens (including phenoxy) is 2. The molecule has 3 atom stereocenters. The predicted molar refractivity (Wildman–Crippen MR) is 81.6 cm³/mol. The lowest BCUT2D eigenvalue weighted by Crippen LogP contribution is -2.41. The second-order valence-corrected chi connectivity index (χ2v) is 5.16. The van der Waals surface area contributed by atoms with Crippen LogP contribution in [-0.4, -0.2) is 30.3 Å². The van der Waals surface area contributed by atoms with Gasteiger partial charge in [0, 0.05) is 17.7 Å². The van der Waals surface area contributed by atoms with Crippen LogP contribution in [0.5, 0.6) is 11.5 Å². The summed E-state index contributed by atoms with van der Waals surface area (Å²) < 4.78 is 10.9. The maximum Gasteiger partial charge on any atom is 0.260 e. The first-order chi connectivity index (χ1) is 9.88. The fourth-order valence-corrected chi connectivity index (χ4v) is 1.80. The minimum atomic E-state index is -0.685. The molecule has 0 aliphatic carbocycles. The van der Waals surface area contributed by atoms with Crippen molar-refractivity contribution in [1.82, 2.24) is 5.32 Å². The van der Waals surface area contributed by atoms with Gasteiger partial charge in [-0.2, -0.15) is 0 Å². The molecule has 0 saturated heterocycles. The van der Waals surface area contributed by atoms with E-state index in [4.69, 9.17) is 9.47 Å². The van der Waals surface area contributed by atoms with Gasteiger partial charge in [-0.15, -0.1) is 0 Å². The quantitative estimate of drug-likeness (QED) is 0.810. The largest absolute Gasteiger partial charge is 0.497 e. The summed E-state index contributed by atoms with van der Waals surface area (Å²) in [5, 5.41) is 12.7. The highest BCUT2D eigenvalue weighted by Crippen LogP contribution is 2.30. The Hall–Kier alpha value is -1.75. The Morgan fingerprint density at radius 2 is 2.00 bits per heavy atom. The van der Waals surface area contributed by atoms with Crippen LogP contribution in [0.1, 0.15) is 45.8 Å². The molecule has 2 N–H and O–H groups in total. The molecule has 0 heterocycles. The summed E-state index contributed by atoms with van der Waals surface area (Å²) in [6.07, 6.45) is -0.476. The van der Waals surface area contributed by atoms with Crippen molar-refractivity contribution < 1.29 is 19.4 Å². The molecule has 0 aliphatic heterocycles. The van der Waals surface area contributed by atoms with Gasteiger partial charge in [-0.05, 0) is 39.3 Å². The molecule has 2 unspecified atom stereocenters. The van der Waals surface area contributed by atoms with E-state index in [2.05, 4.69) is 5.32 Å². The summed E-state index contributed by atoms with van der Waals surface area (Å²) in [7, 11) is 1.56. The number of carbonyl (C=O) groups is 1. The van der Waals surface area contributed by atoms with Crippen LogP contribution in [0.25, 0.3) is 0 Å². The highest BCUT2D eigenvalue weighted by molar-refractivity contribution is 5.81. The van der Waals surface area contributed by atoms with Crippen molar-refractivity contribution in [2.45, 2.75) is 52.4 Å². The first kappa shape index (κ1) is 17.3. The number of aliphatic hydroxyl groups is 1. The van der Waals surface area contributed by atoms with Crippen LogP contribution in [0.15, 0.2) is 18.2 Å². The Morgan fingerprint density at radius 1 is 1.33 bits per heavy atom. The molecule has 0 fully saturated rings. The minimum absolute atomic E-state index is 0.102. The minimum Gasteiger partial charge on any atom is -0.497 e. The van der Waals surface area contributed by atoms with E-state index >= 15 is 0 Å². The van der Waals surface area contributed by atoms with Crippen LogP contribution in [0.2, 0.25) is 0 Å². The second-order valence-electron chi connectivity index (χ2n) is 5.16. The van der Waals surface area contributed by atoms with Crippen molar-refractivity contribution in [3.63, 3.8) is 0 Å². The number of rotatable bonds is 7. The van der Waals surface area contributed by atoms with Crippen molar-refractivity contribution >= 4 is 5.91 Å². The Labute approximate surface area is 126 Å². The summed E-state index contributed by atoms with van der Waals surface area (Å²) in [4.78, 5) is 12.0. The normalized spacial score (nSPS) is 15.0. The maximum atomic E-state index is 12.0. The van der Waals surface area contributed by atoms with E-state index in [0.717, 1.165) is 6.42 Å². The molecular weight excluding hydrogens is 270 g/mol. The number of aliphatic hydroxyl groups excluding tert-OH is 1. The lowest BCUT2D eigenvalue weighted by molar-refractivity contribution is -0.127.